The van der Waals surface area contributed by atoms with Crippen molar-refractivity contribution in [1.29, 1.82) is 0 Å². The number of benzene rings is 7. The third-order valence-electron chi connectivity index (χ3n) is 10.6. The molecule has 0 saturated heterocycles. The van der Waals surface area contributed by atoms with Gasteiger partial charge in [0.15, 0.2) is 5.82 Å². The lowest BCUT2D eigenvalue weighted by atomic mass is 9.74. The quantitative estimate of drug-likeness (QED) is 0.182. The summed E-state index contributed by atoms with van der Waals surface area (Å²) in [6, 6.07) is 63.3. The fraction of sp³-hybridized carbons (Fsp3) is 0.0417. The van der Waals surface area contributed by atoms with Crippen LogP contribution in [0, 0.1) is 0 Å². The van der Waals surface area contributed by atoms with E-state index in [0.29, 0.717) is 0 Å². The summed E-state index contributed by atoms with van der Waals surface area (Å²) in [4.78, 5) is 10.4. The normalized spacial score (nSPS) is 14.8. The van der Waals surface area contributed by atoms with E-state index >= 15 is 0 Å². The van der Waals surface area contributed by atoms with Gasteiger partial charge in [-0.3, -0.25) is 0 Å². The number of nitrogens with zero attached hydrogens (tertiary/aromatic N) is 2. The zero-order chi connectivity index (χ0) is 33.9. The van der Waals surface area contributed by atoms with E-state index in [0.717, 1.165) is 39.5 Å². The standard InChI is InChI=1S/C48H32N2S/c1-48(34-16-6-3-7-17-34)41-22-12-10-19-36(41)39-28-32(24-26-42(39)48)35-18-8-9-20-37(35)44-30-43(49-47(50-44)31-14-4-2-5-15-31)33-25-27-46-40(29-33)38-21-11-13-23-45(38)51-46/h2-30H,1H3. The minimum absolute atomic E-state index is 0.230. The smallest absolute Gasteiger partial charge is 0.160 e. The molecular formula is C48H32N2S. The Morgan fingerprint density at radius 3 is 1.88 bits per heavy atom. The molecule has 0 fully saturated rings. The lowest BCUT2D eigenvalue weighted by Gasteiger charge is -2.28. The Labute approximate surface area is 301 Å². The maximum absolute atomic E-state index is 5.25. The Morgan fingerprint density at radius 2 is 1.04 bits per heavy atom. The minimum Gasteiger partial charge on any atom is -0.228 e. The Bertz CT molecular complexity index is 2760. The van der Waals surface area contributed by atoms with Crippen molar-refractivity contribution in [3.05, 3.63) is 193 Å². The van der Waals surface area contributed by atoms with Gasteiger partial charge in [0.2, 0.25) is 0 Å². The summed E-state index contributed by atoms with van der Waals surface area (Å²) in [6.45, 7) is 2.37. The zero-order valence-electron chi connectivity index (χ0n) is 28.0. The van der Waals surface area contributed by atoms with Crippen molar-refractivity contribution in [3.8, 4) is 56.2 Å². The van der Waals surface area contributed by atoms with E-state index in [1.54, 1.807) is 0 Å². The highest BCUT2D eigenvalue weighted by Gasteiger charge is 2.40. The molecule has 0 N–H and O–H groups in total. The van der Waals surface area contributed by atoms with Crippen molar-refractivity contribution in [3.63, 3.8) is 0 Å². The van der Waals surface area contributed by atoms with E-state index in [4.69, 9.17) is 9.97 Å². The third kappa shape index (κ3) is 4.77. The van der Waals surface area contributed by atoms with Gasteiger partial charge in [-0.25, -0.2) is 9.97 Å². The van der Waals surface area contributed by atoms with Crippen LogP contribution in [0.3, 0.4) is 0 Å². The molecule has 7 aromatic carbocycles. The highest BCUT2D eigenvalue weighted by molar-refractivity contribution is 7.25. The molecular weight excluding hydrogens is 637 g/mol. The Balaban J connectivity index is 1.15. The first-order valence-corrected chi connectivity index (χ1v) is 18.2. The maximum Gasteiger partial charge on any atom is 0.160 e. The highest BCUT2D eigenvalue weighted by atomic mass is 32.1. The molecule has 10 rings (SSSR count). The van der Waals surface area contributed by atoms with E-state index in [9.17, 15) is 0 Å². The molecule has 240 valence electrons. The first kappa shape index (κ1) is 29.7. The zero-order valence-corrected chi connectivity index (χ0v) is 28.9. The van der Waals surface area contributed by atoms with Crippen molar-refractivity contribution in [2.24, 2.45) is 0 Å². The molecule has 1 aliphatic carbocycles. The van der Waals surface area contributed by atoms with Crippen LogP contribution < -0.4 is 0 Å². The number of fused-ring (bicyclic) bond motifs is 6. The van der Waals surface area contributed by atoms with Gasteiger partial charge in [0.25, 0.3) is 0 Å². The number of aromatic nitrogens is 2. The molecule has 0 amide bonds. The maximum atomic E-state index is 5.25. The lowest BCUT2D eigenvalue weighted by Crippen LogP contribution is -2.22. The average Bonchev–Trinajstić information content (AvgIpc) is 3.71. The second-order valence-electron chi connectivity index (χ2n) is 13.5. The Hall–Kier alpha value is -6.16. The van der Waals surface area contributed by atoms with Crippen LogP contribution >= 0.6 is 11.3 Å². The van der Waals surface area contributed by atoms with Crippen LogP contribution in [0.5, 0.6) is 0 Å². The number of hydrogen-bond donors (Lipinski definition) is 0. The van der Waals surface area contributed by atoms with E-state index in [1.165, 1.54) is 53.6 Å². The summed E-state index contributed by atoms with van der Waals surface area (Å²) in [7, 11) is 0. The SMILES string of the molecule is CC1(c2ccccc2)c2ccccc2-c2cc(-c3ccccc3-c3cc(-c4ccc5sc6ccccc6c5c4)nc(-c4ccccc4)n3)ccc21. The Morgan fingerprint density at radius 1 is 0.412 bits per heavy atom. The average molecular weight is 669 g/mol. The topological polar surface area (TPSA) is 25.8 Å². The monoisotopic (exact) mass is 668 g/mol. The lowest BCUT2D eigenvalue weighted by molar-refractivity contribution is 0.714. The summed E-state index contributed by atoms with van der Waals surface area (Å²) in [6.07, 6.45) is 0. The number of rotatable bonds is 5. The number of hydrogen-bond acceptors (Lipinski definition) is 3. The molecule has 0 spiro atoms. The first-order chi connectivity index (χ1) is 25.1. The van der Waals surface area contributed by atoms with Crippen LogP contribution in [0.15, 0.2) is 176 Å². The second-order valence-corrected chi connectivity index (χ2v) is 14.6. The molecule has 9 aromatic rings. The van der Waals surface area contributed by atoms with Crippen molar-refractivity contribution >= 4 is 31.5 Å². The Kier molecular flexibility index (Phi) is 6.83. The van der Waals surface area contributed by atoms with Crippen LogP contribution in [0.2, 0.25) is 0 Å². The summed E-state index contributed by atoms with van der Waals surface area (Å²) in [5.74, 6) is 0.717. The van der Waals surface area contributed by atoms with Crippen LogP contribution in [-0.4, -0.2) is 9.97 Å². The van der Waals surface area contributed by atoms with Gasteiger partial charge in [-0.1, -0.05) is 146 Å². The number of thiophene rings is 1. The second kappa shape index (κ2) is 11.7. The summed E-state index contributed by atoms with van der Waals surface area (Å²) >= 11 is 1.84. The van der Waals surface area contributed by atoms with E-state index < -0.39 is 0 Å². The van der Waals surface area contributed by atoms with Crippen molar-refractivity contribution in [2.75, 3.05) is 0 Å². The molecule has 0 radical (unpaired) electrons. The van der Waals surface area contributed by atoms with Crippen LogP contribution in [0.25, 0.3) is 76.3 Å². The van der Waals surface area contributed by atoms with Gasteiger partial charge in [-0.15, -0.1) is 11.3 Å². The van der Waals surface area contributed by atoms with E-state index in [2.05, 4.69) is 165 Å². The van der Waals surface area contributed by atoms with Gasteiger partial charge >= 0.3 is 0 Å². The summed E-state index contributed by atoms with van der Waals surface area (Å²) < 4.78 is 2.58. The summed E-state index contributed by atoms with van der Waals surface area (Å²) in [5.41, 5.74) is 13.6. The van der Waals surface area contributed by atoms with Crippen LogP contribution in [0.4, 0.5) is 0 Å². The molecule has 3 heteroatoms. The predicted molar refractivity (Wildman–Crippen MR) is 214 cm³/mol. The van der Waals surface area contributed by atoms with Crippen LogP contribution in [-0.2, 0) is 5.41 Å². The van der Waals surface area contributed by atoms with Crippen molar-refractivity contribution in [1.82, 2.24) is 9.97 Å². The van der Waals surface area contributed by atoms with Gasteiger partial charge in [0, 0.05) is 42.3 Å². The predicted octanol–water partition coefficient (Wildman–Crippen LogP) is 12.8. The molecule has 1 aliphatic rings. The van der Waals surface area contributed by atoms with Gasteiger partial charge in [0.05, 0.1) is 11.4 Å². The van der Waals surface area contributed by atoms with Gasteiger partial charge in [-0.2, -0.15) is 0 Å². The molecule has 0 saturated carbocycles. The van der Waals surface area contributed by atoms with Gasteiger partial charge in [-0.05, 0) is 76.2 Å². The fourth-order valence-electron chi connectivity index (χ4n) is 8.05. The molecule has 1 atom stereocenters. The van der Waals surface area contributed by atoms with Gasteiger partial charge in [0.1, 0.15) is 0 Å². The van der Waals surface area contributed by atoms with E-state index in [-0.39, 0.29) is 5.41 Å². The van der Waals surface area contributed by atoms with E-state index in [1.807, 2.05) is 29.5 Å². The van der Waals surface area contributed by atoms with Crippen molar-refractivity contribution in [2.45, 2.75) is 12.3 Å². The molecule has 51 heavy (non-hydrogen) atoms. The first-order valence-electron chi connectivity index (χ1n) is 17.4. The molecule has 0 aliphatic heterocycles. The van der Waals surface area contributed by atoms with Crippen LogP contribution in [0.1, 0.15) is 23.6 Å². The molecule has 2 heterocycles. The highest BCUT2D eigenvalue weighted by Crippen LogP contribution is 2.53. The molecule has 0 bridgehead atoms. The molecule has 2 nitrogen and oxygen atoms in total. The minimum atomic E-state index is -0.230. The molecule has 1 unspecified atom stereocenters. The third-order valence-corrected chi connectivity index (χ3v) is 11.8. The van der Waals surface area contributed by atoms with Gasteiger partial charge < -0.3 is 0 Å². The fourth-order valence-corrected chi connectivity index (χ4v) is 9.13. The van der Waals surface area contributed by atoms with Crippen molar-refractivity contribution < 1.29 is 0 Å². The molecule has 2 aromatic heterocycles. The summed E-state index contributed by atoms with van der Waals surface area (Å²) in [5, 5.41) is 2.54. The largest absolute Gasteiger partial charge is 0.228 e.